The van der Waals surface area contributed by atoms with Gasteiger partial charge in [-0.1, -0.05) is 63.2 Å². The summed E-state index contributed by atoms with van der Waals surface area (Å²) in [5, 5.41) is 8.98. The van der Waals surface area contributed by atoms with Crippen molar-refractivity contribution in [2.75, 3.05) is 11.8 Å². The van der Waals surface area contributed by atoms with Crippen molar-refractivity contribution in [3.05, 3.63) is 47.7 Å². The van der Waals surface area contributed by atoms with Gasteiger partial charge in [-0.25, -0.2) is 9.78 Å². The minimum absolute atomic E-state index is 0.00511. The first-order valence-electron chi connectivity index (χ1n) is 13.3. The molecule has 0 saturated heterocycles. The summed E-state index contributed by atoms with van der Waals surface area (Å²) in [4.78, 5) is 15.3. The monoisotopic (exact) mass is 524 g/mol. The summed E-state index contributed by atoms with van der Waals surface area (Å²) in [7, 11) is -2.65. The van der Waals surface area contributed by atoms with E-state index in [2.05, 4.69) is 21.5 Å². The molecule has 0 amide bonds. The van der Waals surface area contributed by atoms with E-state index in [0.717, 1.165) is 24.7 Å². The van der Waals surface area contributed by atoms with Crippen molar-refractivity contribution < 1.29 is 23.1 Å². The van der Waals surface area contributed by atoms with Crippen LogP contribution in [0.1, 0.15) is 86.6 Å². The molecule has 1 aromatic carbocycles. The molecule has 1 aromatic heterocycles. The second kappa shape index (κ2) is 12.5. The predicted octanol–water partition coefficient (Wildman–Crippen LogP) is 6.11. The van der Waals surface area contributed by atoms with Crippen LogP contribution in [0.3, 0.4) is 0 Å². The van der Waals surface area contributed by atoms with Gasteiger partial charge in [0, 0.05) is 17.7 Å². The molecular formula is C29H36N2O5S. The summed E-state index contributed by atoms with van der Waals surface area (Å²) in [5.41, 5.74) is 0.815. The molecule has 2 unspecified atom stereocenters. The van der Waals surface area contributed by atoms with E-state index in [1.54, 1.807) is 6.07 Å². The van der Waals surface area contributed by atoms with Gasteiger partial charge in [0.25, 0.3) is 10.0 Å². The molecule has 2 aliphatic carbocycles. The molecule has 198 valence electrons. The fourth-order valence-corrected chi connectivity index (χ4v) is 6.63. The standard InChI is InChI=1S/C29H36N2O5S/c1-36-27-19-25(29(32)33)16-17-26(27)31-37(34,35)28-18-14-22(20-30-28)12-11-21-7-6-10-24(15-13-21)23-8-4-2-3-5-9-23/h14,16-21,23-24,31H,2-10,13,15H2,1H3,(H,32,33). The molecule has 2 fully saturated rings. The van der Waals surface area contributed by atoms with Gasteiger partial charge >= 0.3 is 5.97 Å². The van der Waals surface area contributed by atoms with Gasteiger partial charge in [0.05, 0.1) is 18.4 Å². The van der Waals surface area contributed by atoms with Crippen LogP contribution in [0.5, 0.6) is 5.75 Å². The number of hydrogen-bond acceptors (Lipinski definition) is 5. The molecule has 7 nitrogen and oxygen atoms in total. The average molecular weight is 525 g/mol. The lowest BCUT2D eigenvalue weighted by Gasteiger charge is -2.24. The van der Waals surface area contributed by atoms with Crippen LogP contribution < -0.4 is 9.46 Å². The quantitative estimate of drug-likeness (QED) is 0.349. The second-order valence-corrected chi connectivity index (χ2v) is 11.8. The highest BCUT2D eigenvalue weighted by atomic mass is 32.2. The maximum atomic E-state index is 12.8. The number of aromatic carboxylic acids is 1. The topological polar surface area (TPSA) is 106 Å². The lowest BCUT2D eigenvalue weighted by molar-refractivity contribution is 0.0696. The lowest BCUT2D eigenvalue weighted by atomic mass is 9.81. The fourth-order valence-electron chi connectivity index (χ4n) is 5.63. The summed E-state index contributed by atoms with van der Waals surface area (Å²) < 4.78 is 33.3. The summed E-state index contributed by atoms with van der Waals surface area (Å²) in [5.74, 6) is 7.73. The molecular weight excluding hydrogens is 488 g/mol. The first-order chi connectivity index (χ1) is 17.9. The Morgan fingerprint density at radius 2 is 1.70 bits per heavy atom. The Morgan fingerprint density at radius 1 is 0.973 bits per heavy atom. The number of nitrogens with zero attached hydrogens (tertiary/aromatic N) is 1. The van der Waals surface area contributed by atoms with Crippen molar-refractivity contribution in [3.8, 4) is 17.6 Å². The van der Waals surface area contributed by atoms with Crippen molar-refractivity contribution >= 4 is 21.7 Å². The molecule has 37 heavy (non-hydrogen) atoms. The third-order valence-electron chi connectivity index (χ3n) is 7.71. The van der Waals surface area contributed by atoms with E-state index < -0.39 is 16.0 Å². The predicted molar refractivity (Wildman–Crippen MR) is 143 cm³/mol. The van der Waals surface area contributed by atoms with Gasteiger partial charge in [-0.05, 0) is 61.4 Å². The number of hydrogen-bond donors (Lipinski definition) is 2. The van der Waals surface area contributed by atoms with E-state index in [0.29, 0.717) is 11.5 Å². The maximum Gasteiger partial charge on any atom is 0.335 e. The number of methoxy groups -OCH3 is 1. The van der Waals surface area contributed by atoms with Crippen molar-refractivity contribution in [1.29, 1.82) is 0 Å². The molecule has 2 N–H and O–H groups in total. The van der Waals surface area contributed by atoms with E-state index in [1.165, 1.54) is 95.4 Å². The zero-order valence-electron chi connectivity index (χ0n) is 21.4. The van der Waals surface area contributed by atoms with Crippen LogP contribution in [0.2, 0.25) is 0 Å². The van der Waals surface area contributed by atoms with Crippen molar-refractivity contribution in [3.63, 3.8) is 0 Å². The minimum atomic E-state index is -3.99. The fraction of sp³-hybridized carbons (Fsp3) is 0.517. The van der Waals surface area contributed by atoms with E-state index in [9.17, 15) is 13.2 Å². The van der Waals surface area contributed by atoms with Crippen LogP contribution in [-0.4, -0.2) is 31.6 Å². The molecule has 2 aromatic rings. The Labute approximate surface area is 220 Å². The highest BCUT2D eigenvalue weighted by Gasteiger charge is 2.26. The van der Waals surface area contributed by atoms with Gasteiger partial charge in [0.15, 0.2) is 5.03 Å². The first-order valence-corrected chi connectivity index (χ1v) is 14.8. The van der Waals surface area contributed by atoms with Crippen LogP contribution in [-0.2, 0) is 10.0 Å². The Kier molecular flexibility index (Phi) is 9.09. The molecule has 1 heterocycles. The highest BCUT2D eigenvalue weighted by molar-refractivity contribution is 7.92. The SMILES string of the molecule is COc1cc(C(=O)O)ccc1NS(=O)(=O)c1ccc(C#CC2CCCC(C3CCCCCC3)CC2)cn1. The van der Waals surface area contributed by atoms with Crippen LogP contribution in [0.25, 0.3) is 0 Å². The first kappa shape index (κ1) is 27.0. The van der Waals surface area contributed by atoms with E-state index in [1.807, 2.05) is 0 Å². The number of carboxylic acid groups (broad SMARTS) is 1. The third kappa shape index (κ3) is 7.26. The van der Waals surface area contributed by atoms with Crippen molar-refractivity contribution in [1.82, 2.24) is 4.98 Å². The molecule has 0 aliphatic heterocycles. The third-order valence-corrected chi connectivity index (χ3v) is 8.99. The Morgan fingerprint density at radius 3 is 2.38 bits per heavy atom. The highest BCUT2D eigenvalue weighted by Crippen LogP contribution is 2.38. The average Bonchev–Trinajstić information content (AvgIpc) is 3.31. The molecule has 0 radical (unpaired) electrons. The number of anilines is 1. The molecule has 4 rings (SSSR count). The number of sulfonamides is 1. The molecule has 0 spiro atoms. The number of pyridine rings is 1. The smallest absolute Gasteiger partial charge is 0.335 e. The summed E-state index contributed by atoms with van der Waals surface area (Å²) in [6.45, 7) is 0. The number of ether oxygens (including phenoxy) is 1. The van der Waals surface area contributed by atoms with Gasteiger partial charge in [0.2, 0.25) is 0 Å². The summed E-state index contributed by atoms with van der Waals surface area (Å²) in [6.07, 6.45) is 16.0. The van der Waals surface area contributed by atoms with Crippen LogP contribution in [0, 0.1) is 29.6 Å². The molecule has 2 aliphatic rings. The number of nitrogens with one attached hydrogen (secondary N) is 1. The van der Waals surface area contributed by atoms with Crippen LogP contribution >= 0.6 is 0 Å². The van der Waals surface area contributed by atoms with Crippen LogP contribution in [0.15, 0.2) is 41.6 Å². The van der Waals surface area contributed by atoms with Gasteiger partial charge in [-0.3, -0.25) is 4.72 Å². The number of carbonyl (C=O) groups is 1. The molecule has 2 saturated carbocycles. The number of benzene rings is 1. The van der Waals surface area contributed by atoms with Gasteiger partial charge in [-0.15, -0.1) is 0 Å². The summed E-state index contributed by atoms with van der Waals surface area (Å²) >= 11 is 0. The van der Waals surface area contributed by atoms with E-state index in [4.69, 9.17) is 9.84 Å². The minimum Gasteiger partial charge on any atom is -0.495 e. The van der Waals surface area contributed by atoms with Gasteiger partial charge < -0.3 is 9.84 Å². The molecule has 2 atom stereocenters. The molecule has 0 bridgehead atoms. The van der Waals surface area contributed by atoms with E-state index >= 15 is 0 Å². The zero-order chi connectivity index (χ0) is 26.3. The number of carboxylic acids is 1. The Hall–Kier alpha value is -3.05. The Balaban J connectivity index is 1.38. The largest absolute Gasteiger partial charge is 0.495 e. The molecule has 8 heteroatoms. The number of rotatable bonds is 6. The van der Waals surface area contributed by atoms with Gasteiger partial charge in [0.1, 0.15) is 5.75 Å². The van der Waals surface area contributed by atoms with Gasteiger partial charge in [-0.2, -0.15) is 8.42 Å². The second-order valence-electron chi connectivity index (χ2n) is 10.2. The summed E-state index contributed by atoms with van der Waals surface area (Å²) in [6, 6.07) is 7.02. The maximum absolute atomic E-state index is 12.8. The van der Waals surface area contributed by atoms with Crippen molar-refractivity contribution in [2.45, 2.75) is 75.7 Å². The number of aromatic nitrogens is 1. The van der Waals surface area contributed by atoms with Crippen LogP contribution in [0.4, 0.5) is 5.69 Å². The van der Waals surface area contributed by atoms with E-state index in [-0.39, 0.29) is 22.0 Å². The van der Waals surface area contributed by atoms with Crippen molar-refractivity contribution in [2.24, 2.45) is 17.8 Å². The normalized spacial score (nSPS) is 21.1. The Bertz CT molecular complexity index is 1240. The lowest BCUT2D eigenvalue weighted by Crippen LogP contribution is -2.15. The zero-order valence-corrected chi connectivity index (χ0v) is 22.2.